The quantitative estimate of drug-likeness (QED) is 0.382. The van der Waals surface area contributed by atoms with Gasteiger partial charge < -0.3 is 0 Å². The van der Waals surface area contributed by atoms with Crippen LogP contribution >= 0.6 is 23.5 Å². The third kappa shape index (κ3) is 2.99. The number of anilines is 1. The second-order valence-corrected chi connectivity index (χ2v) is 12.9. The van der Waals surface area contributed by atoms with E-state index in [-0.39, 0.29) is 47.2 Å². The Bertz CT molecular complexity index is 1330. The molecule has 0 radical (unpaired) electrons. The zero-order valence-corrected chi connectivity index (χ0v) is 21.0. The Balaban J connectivity index is 1.27. The monoisotopic (exact) mass is 499 g/mol. The Morgan fingerprint density at radius 1 is 0.971 bits per heavy atom. The van der Waals surface area contributed by atoms with Crippen molar-refractivity contribution in [2.75, 3.05) is 4.90 Å². The Morgan fingerprint density at radius 3 is 2.34 bits per heavy atom. The summed E-state index contributed by atoms with van der Waals surface area (Å²) in [6.07, 6.45) is 1.88. The minimum atomic E-state index is -0.246. The largest absolute Gasteiger partial charge is 0.295 e. The van der Waals surface area contributed by atoms with Crippen molar-refractivity contribution in [3.05, 3.63) is 87.0 Å². The van der Waals surface area contributed by atoms with Gasteiger partial charge in [-0.05, 0) is 65.8 Å². The summed E-state index contributed by atoms with van der Waals surface area (Å²) in [5.74, 6) is 0.428. The highest BCUT2D eigenvalue weighted by Crippen LogP contribution is 2.71. The summed E-state index contributed by atoms with van der Waals surface area (Å²) in [6, 6.07) is 17.6. The highest BCUT2D eigenvalue weighted by Gasteiger charge is 2.69. The van der Waals surface area contributed by atoms with E-state index in [0.717, 1.165) is 12.8 Å². The summed E-state index contributed by atoms with van der Waals surface area (Å²) >= 11 is 3.80. The Kier molecular flexibility index (Phi) is 4.78. The average molecular weight is 500 g/mol. The predicted molar refractivity (Wildman–Crippen MR) is 140 cm³/mol. The Hall–Kier alpha value is -2.57. The molecule has 2 saturated carbocycles. The van der Waals surface area contributed by atoms with Gasteiger partial charge in [0.15, 0.2) is 5.78 Å². The van der Waals surface area contributed by atoms with Crippen LogP contribution in [0.3, 0.4) is 0 Å². The third-order valence-electron chi connectivity index (χ3n) is 8.68. The van der Waals surface area contributed by atoms with Crippen molar-refractivity contribution in [3.63, 3.8) is 0 Å². The summed E-state index contributed by atoms with van der Waals surface area (Å²) in [5.41, 5.74) is 2.48. The molecule has 0 spiro atoms. The summed E-state index contributed by atoms with van der Waals surface area (Å²) in [4.78, 5) is 44.7. The first-order valence-corrected chi connectivity index (χ1v) is 13.9. The van der Waals surface area contributed by atoms with Gasteiger partial charge in [0.1, 0.15) is 0 Å². The second kappa shape index (κ2) is 7.71. The first-order valence-electron chi connectivity index (χ1n) is 12.2. The van der Waals surface area contributed by atoms with Crippen molar-refractivity contribution in [3.8, 4) is 0 Å². The molecule has 35 heavy (non-hydrogen) atoms. The smallest absolute Gasteiger partial charge is 0.238 e. The fourth-order valence-corrected chi connectivity index (χ4v) is 10.7. The zero-order valence-electron chi connectivity index (χ0n) is 19.3. The van der Waals surface area contributed by atoms with E-state index in [9.17, 15) is 14.4 Å². The molecule has 3 heterocycles. The van der Waals surface area contributed by atoms with E-state index in [1.807, 2.05) is 23.5 Å². The topological polar surface area (TPSA) is 54.5 Å². The minimum absolute atomic E-state index is 0.0281. The molecule has 7 atom stereocenters. The van der Waals surface area contributed by atoms with Crippen LogP contribution in [0.25, 0.3) is 0 Å². The van der Waals surface area contributed by atoms with E-state index in [2.05, 4.69) is 36.9 Å². The summed E-state index contributed by atoms with van der Waals surface area (Å²) < 4.78 is 0. The van der Waals surface area contributed by atoms with Crippen molar-refractivity contribution < 1.29 is 14.4 Å². The molecule has 4 nitrogen and oxygen atoms in total. The highest BCUT2D eigenvalue weighted by atomic mass is 32.2. The molecule has 0 N–H and O–H groups in total. The molecule has 5 aliphatic rings. The molecule has 2 aromatic carbocycles. The van der Waals surface area contributed by atoms with Crippen LogP contribution in [0.1, 0.15) is 41.6 Å². The van der Waals surface area contributed by atoms with Gasteiger partial charge in [-0.25, -0.2) is 0 Å². The van der Waals surface area contributed by atoms with Gasteiger partial charge in [-0.15, -0.1) is 11.8 Å². The molecule has 3 aliphatic heterocycles. The molecule has 3 fully saturated rings. The molecule has 2 aromatic rings. The molecule has 7 rings (SSSR count). The highest BCUT2D eigenvalue weighted by molar-refractivity contribution is 8.10. The van der Waals surface area contributed by atoms with Crippen LogP contribution in [0.15, 0.2) is 75.9 Å². The molecule has 1 saturated heterocycles. The number of ketones is 1. The molecule has 2 amide bonds. The van der Waals surface area contributed by atoms with E-state index in [1.165, 1.54) is 32.1 Å². The van der Waals surface area contributed by atoms with Crippen LogP contribution in [0.4, 0.5) is 5.69 Å². The van der Waals surface area contributed by atoms with Gasteiger partial charge in [-0.2, -0.15) is 0 Å². The number of hydrogen-bond donors (Lipinski definition) is 0. The average Bonchev–Trinajstić information content (AvgIpc) is 3.58. The lowest BCUT2D eigenvalue weighted by atomic mass is 9.68. The lowest BCUT2D eigenvalue weighted by Gasteiger charge is -2.44. The number of hydrogen-bond acceptors (Lipinski definition) is 5. The van der Waals surface area contributed by atoms with E-state index < -0.39 is 0 Å². The van der Waals surface area contributed by atoms with Crippen LogP contribution in [0.5, 0.6) is 0 Å². The number of thioether (sulfide) groups is 2. The van der Waals surface area contributed by atoms with Crippen LogP contribution in [-0.4, -0.2) is 22.8 Å². The Morgan fingerprint density at radius 2 is 1.66 bits per heavy atom. The number of Topliss-reactive ketones (excluding diaryl/α,β-unsaturated/α-hetero) is 1. The van der Waals surface area contributed by atoms with Gasteiger partial charge in [0.05, 0.1) is 17.5 Å². The lowest BCUT2D eigenvalue weighted by Crippen LogP contribution is -2.42. The van der Waals surface area contributed by atoms with E-state index in [0.29, 0.717) is 22.4 Å². The van der Waals surface area contributed by atoms with Crippen molar-refractivity contribution in [2.45, 2.75) is 30.9 Å². The summed E-state index contributed by atoms with van der Waals surface area (Å²) in [7, 11) is 0. The SMILES string of the molecule is C=C1CC2=C(S1)[C@H](c1ccccc1)[C@H]1[C@H]3C[C@@H]([C@H]1S2)[C@H]1C(=O)N(c2ccc(C(C)=O)cc2)C(=O)[C@@H]31. The number of fused-ring (bicyclic) bond motifs is 8. The number of amides is 2. The molecule has 0 aromatic heterocycles. The predicted octanol–water partition coefficient (Wildman–Crippen LogP) is 6.02. The second-order valence-electron chi connectivity index (χ2n) is 10.4. The van der Waals surface area contributed by atoms with Gasteiger partial charge in [0.2, 0.25) is 11.8 Å². The number of carbonyl (C=O) groups is 3. The molecule has 2 aliphatic carbocycles. The van der Waals surface area contributed by atoms with Gasteiger partial charge in [0, 0.05) is 33.0 Å². The number of benzene rings is 2. The standard InChI is InChI=1S/C29H25NO3S2/c1-14-12-21-27(34-14)22(17-6-4-3-5-7-17)23-19-13-20(26(23)35-21)25-24(19)28(32)30(29(25)33)18-10-8-16(9-11-18)15(2)31/h3-11,19-20,22-26H,1,12-13H2,2H3/t19-,20-,22-,23-,24+,25-,26-/m1/s1. The van der Waals surface area contributed by atoms with Crippen LogP contribution in [-0.2, 0) is 9.59 Å². The maximum absolute atomic E-state index is 13.8. The molecule has 2 bridgehead atoms. The number of imide groups is 1. The van der Waals surface area contributed by atoms with Crippen LogP contribution < -0.4 is 4.90 Å². The molecular formula is C29H25NO3S2. The van der Waals surface area contributed by atoms with Crippen molar-refractivity contribution in [2.24, 2.45) is 29.6 Å². The number of rotatable bonds is 3. The summed E-state index contributed by atoms with van der Waals surface area (Å²) in [5, 5.41) is 0.355. The van der Waals surface area contributed by atoms with E-state index in [4.69, 9.17) is 0 Å². The molecule has 176 valence electrons. The lowest BCUT2D eigenvalue weighted by molar-refractivity contribution is -0.123. The number of allylic oxidation sites excluding steroid dienone is 3. The van der Waals surface area contributed by atoms with Crippen LogP contribution in [0.2, 0.25) is 0 Å². The van der Waals surface area contributed by atoms with Gasteiger partial charge in [-0.3, -0.25) is 19.3 Å². The Labute approximate surface area is 213 Å². The number of nitrogens with zero attached hydrogens (tertiary/aromatic N) is 1. The minimum Gasteiger partial charge on any atom is -0.295 e. The molecule has 6 heteroatoms. The van der Waals surface area contributed by atoms with E-state index >= 15 is 0 Å². The van der Waals surface area contributed by atoms with Crippen molar-refractivity contribution in [1.82, 2.24) is 0 Å². The first-order chi connectivity index (χ1) is 16.9. The maximum atomic E-state index is 13.8. The van der Waals surface area contributed by atoms with Gasteiger partial charge in [0.25, 0.3) is 0 Å². The maximum Gasteiger partial charge on any atom is 0.238 e. The third-order valence-corrected chi connectivity index (χ3v) is 11.6. The first kappa shape index (κ1) is 21.7. The fraction of sp³-hybridized carbons (Fsp3) is 0.345. The van der Waals surface area contributed by atoms with Crippen molar-refractivity contribution >= 4 is 46.8 Å². The van der Waals surface area contributed by atoms with Gasteiger partial charge >= 0.3 is 0 Å². The molecule has 0 unspecified atom stereocenters. The van der Waals surface area contributed by atoms with E-state index in [1.54, 1.807) is 24.3 Å². The zero-order chi connectivity index (χ0) is 24.0. The summed E-state index contributed by atoms with van der Waals surface area (Å²) in [6.45, 7) is 5.79. The van der Waals surface area contributed by atoms with Gasteiger partial charge in [-0.1, -0.05) is 48.7 Å². The van der Waals surface area contributed by atoms with Crippen molar-refractivity contribution in [1.29, 1.82) is 0 Å². The molecular weight excluding hydrogens is 474 g/mol. The normalized spacial score (nSPS) is 34.9. The van der Waals surface area contributed by atoms with Crippen LogP contribution in [0, 0.1) is 29.6 Å². The fourth-order valence-electron chi connectivity index (χ4n) is 7.41. The number of carbonyl (C=O) groups excluding carboxylic acids is 3.